The van der Waals surface area contributed by atoms with Crippen LogP contribution in [0.4, 0.5) is 0 Å². The summed E-state index contributed by atoms with van der Waals surface area (Å²) >= 11 is 0. The molecule has 1 heterocycles. The van der Waals surface area contributed by atoms with Gasteiger partial charge >= 0.3 is 0 Å². The highest BCUT2D eigenvalue weighted by Crippen LogP contribution is 2.09. The Morgan fingerprint density at radius 2 is 1.82 bits per heavy atom. The van der Waals surface area contributed by atoms with Crippen molar-refractivity contribution in [1.82, 2.24) is 15.0 Å². The third-order valence-corrected chi connectivity index (χ3v) is 3.39. The first-order valence-corrected chi connectivity index (χ1v) is 7.43. The van der Waals surface area contributed by atoms with E-state index in [-0.39, 0.29) is 11.8 Å². The van der Waals surface area contributed by atoms with Crippen molar-refractivity contribution in [3.05, 3.63) is 59.9 Å². The van der Waals surface area contributed by atoms with Gasteiger partial charge in [0.05, 0.1) is 0 Å². The number of benzene rings is 1. The minimum Gasteiger partial charge on any atom is -0.347 e. The van der Waals surface area contributed by atoms with E-state index in [0.29, 0.717) is 17.8 Å². The van der Waals surface area contributed by atoms with E-state index in [0.717, 1.165) is 17.9 Å². The molecule has 1 aromatic heterocycles. The lowest BCUT2D eigenvalue weighted by Gasteiger charge is -2.22. The van der Waals surface area contributed by atoms with E-state index in [2.05, 4.69) is 12.3 Å². The van der Waals surface area contributed by atoms with E-state index in [9.17, 15) is 9.59 Å². The number of hydrogen-bond acceptors (Lipinski definition) is 3. The average Bonchev–Trinajstić information content (AvgIpc) is 2.97. The Morgan fingerprint density at radius 3 is 2.41 bits per heavy atom. The van der Waals surface area contributed by atoms with Crippen LogP contribution in [-0.4, -0.2) is 27.9 Å². The molecule has 5 nitrogen and oxygen atoms in total. The molecule has 0 saturated carbocycles. The Balaban J connectivity index is 2.24. The van der Waals surface area contributed by atoms with Crippen LogP contribution in [0.15, 0.2) is 48.7 Å². The van der Waals surface area contributed by atoms with Crippen molar-refractivity contribution in [3.8, 4) is 0 Å². The molecule has 2 amide bonds. The van der Waals surface area contributed by atoms with Crippen LogP contribution in [0.2, 0.25) is 0 Å². The number of nitrogens with one attached hydrogen (secondary N) is 1. The molecule has 0 radical (unpaired) electrons. The molecular formula is C17H21N3O2. The van der Waals surface area contributed by atoms with Crippen molar-refractivity contribution in [2.24, 2.45) is 7.05 Å². The number of carbonyl (C=O) groups is 2. The smallest absolute Gasteiger partial charge is 0.291 e. The molecule has 0 saturated heterocycles. The molecule has 22 heavy (non-hydrogen) atoms. The number of unbranched alkanes of at least 4 members (excludes halogenated alkanes) is 1. The van der Waals surface area contributed by atoms with Gasteiger partial charge in [-0.25, -0.2) is 10.4 Å². The number of aryl methyl sites for hydroxylation is 1. The fourth-order valence-corrected chi connectivity index (χ4v) is 2.11. The summed E-state index contributed by atoms with van der Waals surface area (Å²) in [7, 11) is 1.78. The lowest BCUT2D eigenvalue weighted by Crippen LogP contribution is -2.48. The molecule has 1 aromatic carbocycles. The SMILES string of the molecule is CCCCNN(C(=O)c1ccccc1)C(=O)c1cccn1C. The van der Waals surface area contributed by atoms with E-state index in [1.54, 1.807) is 54.2 Å². The predicted molar refractivity (Wildman–Crippen MR) is 85.3 cm³/mol. The molecule has 0 atom stereocenters. The van der Waals surface area contributed by atoms with Crippen LogP contribution in [0.25, 0.3) is 0 Å². The van der Waals surface area contributed by atoms with Gasteiger partial charge in [-0.15, -0.1) is 0 Å². The van der Waals surface area contributed by atoms with E-state index < -0.39 is 0 Å². The molecule has 2 rings (SSSR count). The summed E-state index contributed by atoms with van der Waals surface area (Å²) in [6, 6.07) is 12.3. The second kappa shape index (κ2) is 7.56. The van der Waals surface area contributed by atoms with Gasteiger partial charge in [0.2, 0.25) is 0 Å². The second-order valence-electron chi connectivity index (χ2n) is 5.08. The Kier molecular flexibility index (Phi) is 5.49. The lowest BCUT2D eigenvalue weighted by atomic mass is 10.2. The van der Waals surface area contributed by atoms with Gasteiger partial charge in [-0.3, -0.25) is 9.59 Å². The van der Waals surface area contributed by atoms with E-state index in [1.165, 1.54) is 0 Å². The summed E-state index contributed by atoms with van der Waals surface area (Å²) < 4.78 is 1.70. The summed E-state index contributed by atoms with van der Waals surface area (Å²) in [5.41, 5.74) is 3.90. The average molecular weight is 299 g/mol. The van der Waals surface area contributed by atoms with Crippen LogP contribution in [0.1, 0.15) is 40.6 Å². The van der Waals surface area contributed by atoms with E-state index in [4.69, 9.17) is 0 Å². The zero-order valence-corrected chi connectivity index (χ0v) is 13.0. The highest BCUT2D eigenvalue weighted by molar-refractivity contribution is 6.09. The van der Waals surface area contributed by atoms with Crippen molar-refractivity contribution in [3.63, 3.8) is 0 Å². The quantitative estimate of drug-likeness (QED) is 0.507. The number of nitrogens with zero attached hydrogens (tertiary/aromatic N) is 2. The van der Waals surface area contributed by atoms with Crippen molar-refractivity contribution >= 4 is 11.8 Å². The molecule has 1 N–H and O–H groups in total. The fraction of sp³-hybridized carbons (Fsp3) is 0.294. The monoisotopic (exact) mass is 299 g/mol. The summed E-state index contributed by atoms with van der Waals surface area (Å²) in [4.78, 5) is 25.3. The summed E-state index contributed by atoms with van der Waals surface area (Å²) in [5.74, 6) is -0.694. The largest absolute Gasteiger partial charge is 0.347 e. The first-order valence-electron chi connectivity index (χ1n) is 7.43. The van der Waals surface area contributed by atoms with Gasteiger partial charge < -0.3 is 4.57 Å². The van der Waals surface area contributed by atoms with Gasteiger partial charge in [0.15, 0.2) is 0 Å². The Morgan fingerprint density at radius 1 is 1.09 bits per heavy atom. The Bertz CT molecular complexity index is 634. The molecule has 5 heteroatoms. The minimum absolute atomic E-state index is 0.345. The highest BCUT2D eigenvalue weighted by atomic mass is 16.2. The van der Waals surface area contributed by atoms with Gasteiger partial charge in [0.25, 0.3) is 11.8 Å². The molecular weight excluding hydrogens is 278 g/mol. The van der Waals surface area contributed by atoms with Gasteiger partial charge in [0.1, 0.15) is 5.69 Å². The molecule has 2 aromatic rings. The van der Waals surface area contributed by atoms with Gasteiger partial charge in [0, 0.05) is 25.4 Å². The van der Waals surface area contributed by atoms with Crippen LogP contribution >= 0.6 is 0 Å². The maximum Gasteiger partial charge on any atom is 0.291 e. The minimum atomic E-state index is -0.350. The summed E-state index contributed by atoms with van der Waals surface area (Å²) in [5, 5.41) is 1.11. The van der Waals surface area contributed by atoms with Crippen molar-refractivity contribution < 1.29 is 9.59 Å². The molecule has 0 unspecified atom stereocenters. The first kappa shape index (κ1) is 16.0. The van der Waals surface area contributed by atoms with E-state index in [1.807, 2.05) is 6.07 Å². The zero-order chi connectivity index (χ0) is 15.9. The molecule has 0 fully saturated rings. The van der Waals surface area contributed by atoms with Crippen molar-refractivity contribution in [2.75, 3.05) is 6.54 Å². The summed E-state index contributed by atoms with van der Waals surface area (Å²) in [6.07, 6.45) is 3.65. The molecule has 116 valence electrons. The molecule has 0 bridgehead atoms. The van der Waals surface area contributed by atoms with Gasteiger partial charge in [-0.05, 0) is 30.7 Å². The predicted octanol–water partition coefficient (Wildman–Crippen LogP) is 2.61. The van der Waals surface area contributed by atoms with Crippen LogP contribution < -0.4 is 5.43 Å². The van der Waals surface area contributed by atoms with Gasteiger partial charge in [-0.1, -0.05) is 31.5 Å². The number of amides is 2. The van der Waals surface area contributed by atoms with Crippen LogP contribution in [0.5, 0.6) is 0 Å². The van der Waals surface area contributed by atoms with Crippen molar-refractivity contribution in [2.45, 2.75) is 19.8 Å². The maximum absolute atomic E-state index is 12.7. The van der Waals surface area contributed by atoms with E-state index >= 15 is 0 Å². The highest BCUT2D eigenvalue weighted by Gasteiger charge is 2.25. The molecule has 0 aliphatic rings. The number of rotatable bonds is 6. The number of hydrazine groups is 1. The Labute approximate surface area is 130 Å². The van der Waals surface area contributed by atoms with Gasteiger partial charge in [-0.2, -0.15) is 0 Å². The Hall–Kier alpha value is -2.40. The summed E-state index contributed by atoms with van der Waals surface area (Å²) in [6.45, 7) is 2.63. The number of imide groups is 1. The normalized spacial score (nSPS) is 10.5. The fourth-order valence-electron chi connectivity index (χ4n) is 2.11. The lowest BCUT2D eigenvalue weighted by molar-refractivity contribution is 0.0520. The van der Waals surface area contributed by atoms with Crippen LogP contribution in [-0.2, 0) is 7.05 Å². The molecule has 0 aliphatic heterocycles. The van der Waals surface area contributed by atoms with Crippen molar-refractivity contribution in [1.29, 1.82) is 0 Å². The second-order valence-corrected chi connectivity index (χ2v) is 5.08. The third-order valence-electron chi connectivity index (χ3n) is 3.39. The molecule has 0 aliphatic carbocycles. The van der Waals surface area contributed by atoms with Crippen LogP contribution in [0, 0.1) is 0 Å². The standard InChI is InChI=1S/C17H21N3O2/c1-3-4-12-18-20(16(21)14-9-6-5-7-10-14)17(22)15-11-8-13-19(15)2/h5-11,13,18H,3-4,12H2,1-2H3. The van der Waals surface area contributed by atoms with Crippen LogP contribution in [0.3, 0.4) is 0 Å². The zero-order valence-electron chi connectivity index (χ0n) is 13.0. The number of aromatic nitrogens is 1. The first-order chi connectivity index (χ1) is 10.6. The number of hydrogen-bond donors (Lipinski definition) is 1. The molecule has 0 spiro atoms. The number of carbonyl (C=O) groups excluding carboxylic acids is 2. The third kappa shape index (κ3) is 3.62. The topological polar surface area (TPSA) is 54.3 Å². The maximum atomic E-state index is 12.7.